The Labute approximate surface area is 65.0 Å². The van der Waals surface area contributed by atoms with Crippen LogP contribution in [-0.4, -0.2) is 27.8 Å². The molecule has 0 amide bonds. The van der Waals surface area contributed by atoms with E-state index in [-0.39, 0.29) is 6.42 Å². The second-order valence-corrected chi connectivity index (χ2v) is 3.21. The van der Waals surface area contributed by atoms with Crippen LogP contribution in [0.3, 0.4) is 0 Å². The van der Waals surface area contributed by atoms with E-state index in [0.717, 1.165) is 0 Å². The van der Waals surface area contributed by atoms with Gasteiger partial charge in [-0.25, -0.2) is 0 Å². The molecule has 1 saturated carbocycles. The van der Waals surface area contributed by atoms with Crippen molar-refractivity contribution in [1.82, 2.24) is 0 Å². The lowest BCUT2D eigenvalue weighted by molar-refractivity contribution is -0.146. The van der Waals surface area contributed by atoms with Gasteiger partial charge in [-0.2, -0.15) is 0 Å². The molecule has 4 N–H and O–H groups in total. The van der Waals surface area contributed by atoms with Crippen LogP contribution >= 0.6 is 0 Å². The number of carboxylic acids is 1. The smallest absolute Gasteiger partial charge is 0.323 e. The molecule has 0 aromatic carbocycles. The summed E-state index contributed by atoms with van der Waals surface area (Å²) in [4.78, 5) is 10.6. The molecule has 0 aliphatic heterocycles. The number of hydrogen-bond donors (Lipinski definition) is 3. The first-order valence-corrected chi connectivity index (χ1v) is 3.75. The van der Waals surface area contributed by atoms with Gasteiger partial charge in [-0.1, -0.05) is 0 Å². The fraction of sp³-hybridized carbons (Fsp3) is 0.857. The minimum atomic E-state index is -1.18. The summed E-state index contributed by atoms with van der Waals surface area (Å²) >= 11 is 0. The molecule has 64 valence electrons. The molecule has 2 atom stereocenters. The Kier molecular flexibility index (Phi) is 2.15. The third-order valence-electron chi connectivity index (χ3n) is 2.19. The average molecular weight is 159 g/mol. The zero-order valence-corrected chi connectivity index (χ0v) is 6.29. The molecule has 0 heterocycles. The van der Waals surface area contributed by atoms with Crippen molar-refractivity contribution in [2.45, 2.75) is 37.3 Å². The number of carboxylic acid groups (broad SMARTS) is 1. The number of nitrogens with two attached hydrogens (primary N) is 1. The maximum absolute atomic E-state index is 10.6. The van der Waals surface area contributed by atoms with Gasteiger partial charge in [-0.05, 0) is 19.3 Å². The highest BCUT2D eigenvalue weighted by Gasteiger charge is 2.38. The molecular formula is C7H13NO3. The molecule has 11 heavy (non-hydrogen) atoms. The van der Waals surface area contributed by atoms with Crippen molar-refractivity contribution in [3.63, 3.8) is 0 Å². The number of aliphatic hydroxyl groups excluding tert-OH is 1. The van der Waals surface area contributed by atoms with Gasteiger partial charge < -0.3 is 15.9 Å². The predicted molar refractivity (Wildman–Crippen MR) is 39.0 cm³/mol. The highest BCUT2D eigenvalue weighted by atomic mass is 16.4. The molecule has 0 aromatic heterocycles. The minimum Gasteiger partial charge on any atom is -0.480 e. The zero-order chi connectivity index (χ0) is 8.48. The molecule has 1 aliphatic rings. The van der Waals surface area contributed by atoms with Crippen molar-refractivity contribution < 1.29 is 15.0 Å². The first-order valence-electron chi connectivity index (χ1n) is 3.75. The van der Waals surface area contributed by atoms with E-state index in [4.69, 9.17) is 15.9 Å². The van der Waals surface area contributed by atoms with Crippen molar-refractivity contribution >= 4 is 5.97 Å². The molecule has 0 spiro atoms. The Hall–Kier alpha value is -0.610. The molecule has 0 saturated heterocycles. The number of rotatable bonds is 1. The van der Waals surface area contributed by atoms with Gasteiger partial charge in [0.15, 0.2) is 0 Å². The van der Waals surface area contributed by atoms with Gasteiger partial charge in [-0.15, -0.1) is 0 Å². The summed E-state index contributed by atoms with van der Waals surface area (Å²) in [7, 11) is 0. The number of hydrogen-bond acceptors (Lipinski definition) is 3. The zero-order valence-electron chi connectivity index (χ0n) is 6.29. The van der Waals surface area contributed by atoms with E-state index in [1.54, 1.807) is 0 Å². The molecule has 0 bridgehead atoms. The largest absolute Gasteiger partial charge is 0.480 e. The first-order chi connectivity index (χ1) is 5.04. The fourth-order valence-corrected chi connectivity index (χ4v) is 1.47. The summed E-state index contributed by atoms with van der Waals surface area (Å²) in [5.41, 5.74) is 4.35. The van der Waals surface area contributed by atoms with Crippen LogP contribution in [-0.2, 0) is 4.79 Å². The second-order valence-electron chi connectivity index (χ2n) is 3.21. The monoisotopic (exact) mass is 159 g/mol. The minimum absolute atomic E-state index is 0.183. The first kappa shape index (κ1) is 8.49. The van der Waals surface area contributed by atoms with E-state index in [9.17, 15) is 4.79 Å². The standard InChI is InChI=1S/C7H13NO3/c8-7(6(10)11)3-1-2-5(9)4-7/h5,9H,1-4,8H2,(H,10,11)/t5-,7+/m1/s1. The van der Waals surface area contributed by atoms with E-state index in [1.165, 1.54) is 0 Å². The van der Waals surface area contributed by atoms with Gasteiger partial charge in [0, 0.05) is 6.42 Å². The topological polar surface area (TPSA) is 83.6 Å². The maximum Gasteiger partial charge on any atom is 0.323 e. The molecule has 0 radical (unpaired) electrons. The SMILES string of the molecule is N[C@@]1(C(=O)O)CCC[C@@H](O)C1. The summed E-state index contributed by atoms with van der Waals surface area (Å²) < 4.78 is 0. The summed E-state index contributed by atoms with van der Waals surface area (Å²) in [6.07, 6.45) is 1.49. The van der Waals surface area contributed by atoms with Crippen LogP contribution < -0.4 is 5.73 Å². The number of carbonyl (C=O) groups is 1. The van der Waals surface area contributed by atoms with Gasteiger partial charge in [0.05, 0.1) is 6.10 Å². The van der Waals surface area contributed by atoms with E-state index >= 15 is 0 Å². The summed E-state index contributed by atoms with van der Waals surface area (Å²) in [5.74, 6) is -1.00. The van der Waals surface area contributed by atoms with Gasteiger partial charge >= 0.3 is 5.97 Å². The Morgan fingerprint density at radius 2 is 2.27 bits per heavy atom. The Balaban J connectivity index is 2.63. The molecule has 1 fully saturated rings. The van der Waals surface area contributed by atoms with Gasteiger partial charge in [0.25, 0.3) is 0 Å². The van der Waals surface area contributed by atoms with Crippen molar-refractivity contribution in [2.75, 3.05) is 0 Å². The Bertz CT molecular complexity index is 171. The van der Waals surface area contributed by atoms with Gasteiger partial charge in [0.2, 0.25) is 0 Å². The van der Waals surface area contributed by atoms with E-state index in [2.05, 4.69) is 0 Å². The summed E-state index contributed by atoms with van der Waals surface area (Å²) in [6.45, 7) is 0. The highest BCUT2D eigenvalue weighted by molar-refractivity contribution is 5.78. The van der Waals surface area contributed by atoms with Crippen LogP contribution in [0.1, 0.15) is 25.7 Å². The second kappa shape index (κ2) is 2.79. The third-order valence-corrected chi connectivity index (χ3v) is 2.19. The molecule has 1 aliphatic carbocycles. The van der Waals surface area contributed by atoms with Crippen molar-refractivity contribution in [3.8, 4) is 0 Å². The molecule has 0 aromatic rings. The highest BCUT2D eigenvalue weighted by Crippen LogP contribution is 2.26. The lowest BCUT2D eigenvalue weighted by Crippen LogP contribution is -2.52. The summed E-state index contributed by atoms with van der Waals surface area (Å²) in [6, 6.07) is 0. The van der Waals surface area contributed by atoms with Crippen LogP contribution in [0.2, 0.25) is 0 Å². The van der Waals surface area contributed by atoms with Crippen LogP contribution in [0.25, 0.3) is 0 Å². The lowest BCUT2D eigenvalue weighted by Gasteiger charge is -2.31. The number of aliphatic hydroxyl groups is 1. The van der Waals surface area contributed by atoms with E-state index in [1.807, 2.05) is 0 Å². The van der Waals surface area contributed by atoms with Gasteiger partial charge in [-0.3, -0.25) is 4.79 Å². The lowest BCUT2D eigenvalue weighted by atomic mass is 9.81. The van der Waals surface area contributed by atoms with Crippen LogP contribution in [0.4, 0.5) is 0 Å². The van der Waals surface area contributed by atoms with Crippen LogP contribution in [0.15, 0.2) is 0 Å². The predicted octanol–water partition coefficient (Wildman–Crippen LogP) is -0.297. The summed E-state index contributed by atoms with van der Waals surface area (Å²) in [5, 5.41) is 17.8. The quantitative estimate of drug-likeness (QED) is 0.490. The van der Waals surface area contributed by atoms with Crippen molar-refractivity contribution in [2.24, 2.45) is 5.73 Å². The van der Waals surface area contributed by atoms with Crippen LogP contribution in [0.5, 0.6) is 0 Å². The molecule has 4 nitrogen and oxygen atoms in total. The van der Waals surface area contributed by atoms with Crippen molar-refractivity contribution in [3.05, 3.63) is 0 Å². The molecular weight excluding hydrogens is 146 g/mol. The average Bonchev–Trinajstić information content (AvgIpc) is 1.86. The Morgan fingerprint density at radius 1 is 1.64 bits per heavy atom. The molecule has 4 heteroatoms. The fourth-order valence-electron chi connectivity index (χ4n) is 1.47. The number of aliphatic carboxylic acids is 1. The third kappa shape index (κ3) is 1.70. The molecule has 1 rings (SSSR count). The van der Waals surface area contributed by atoms with Crippen LogP contribution in [0, 0.1) is 0 Å². The maximum atomic E-state index is 10.6. The normalized spacial score (nSPS) is 38.5. The van der Waals surface area contributed by atoms with Gasteiger partial charge in [0.1, 0.15) is 5.54 Å². The van der Waals surface area contributed by atoms with E-state index in [0.29, 0.717) is 19.3 Å². The van der Waals surface area contributed by atoms with Crippen molar-refractivity contribution in [1.29, 1.82) is 0 Å². The van der Waals surface area contributed by atoms with E-state index < -0.39 is 17.6 Å². The molecule has 0 unspecified atom stereocenters. The Morgan fingerprint density at radius 3 is 2.64 bits per heavy atom.